The van der Waals surface area contributed by atoms with Gasteiger partial charge in [-0.25, -0.2) is 0 Å². The summed E-state index contributed by atoms with van der Waals surface area (Å²) in [5, 5.41) is 10.3. The highest BCUT2D eigenvalue weighted by atomic mass is 16.3. The Hall–Kier alpha value is -0.300. The number of fused-ring (bicyclic) bond motifs is 5. The summed E-state index contributed by atoms with van der Waals surface area (Å²) in [5.41, 5.74) is 2.77. The van der Waals surface area contributed by atoms with E-state index in [9.17, 15) is 5.11 Å². The molecule has 9 atom stereocenters. The molecule has 4 aliphatic carbocycles. The van der Waals surface area contributed by atoms with Gasteiger partial charge < -0.3 is 5.11 Å². The molecular weight excluding hydrogens is 364 g/mol. The van der Waals surface area contributed by atoms with Gasteiger partial charge in [-0.15, -0.1) is 0 Å². The maximum atomic E-state index is 10.3. The van der Waals surface area contributed by atoms with Crippen LogP contribution in [0.5, 0.6) is 0 Å². The van der Waals surface area contributed by atoms with Crippen molar-refractivity contribution in [2.75, 3.05) is 0 Å². The van der Waals surface area contributed by atoms with Crippen molar-refractivity contribution in [2.45, 2.75) is 118 Å². The Bertz CT molecular complexity index is 634. The van der Waals surface area contributed by atoms with Crippen LogP contribution < -0.4 is 0 Å². The van der Waals surface area contributed by atoms with Crippen molar-refractivity contribution >= 4 is 0 Å². The van der Waals surface area contributed by atoms with Crippen molar-refractivity contribution < 1.29 is 5.11 Å². The molecule has 0 unspecified atom stereocenters. The molecule has 1 heteroatoms. The lowest BCUT2D eigenvalue weighted by atomic mass is 9.44. The van der Waals surface area contributed by atoms with E-state index >= 15 is 0 Å². The lowest BCUT2D eigenvalue weighted by Crippen LogP contribution is -2.54. The van der Waals surface area contributed by atoms with Crippen molar-refractivity contribution in [3.8, 4) is 0 Å². The lowest BCUT2D eigenvalue weighted by molar-refractivity contribution is -0.129. The van der Waals surface area contributed by atoms with E-state index in [-0.39, 0.29) is 6.10 Å². The van der Waals surface area contributed by atoms with Gasteiger partial charge in [0.15, 0.2) is 0 Å². The van der Waals surface area contributed by atoms with E-state index in [1.165, 1.54) is 57.8 Å². The molecule has 4 aliphatic rings. The first-order chi connectivity index (χ1) is 14.2. The van der Waals surface area contributed by atoms with Gasteiger partial charge >= 0.3 is 0 Å². The highest BCUT2D eigenvalue weighted by Crippen LogP contribution is 2.68. The number of rotatable bonds is 5. The SMILES string of the molecule is CC=C(CC[C@@H](C)[C@H]1CC[C@H]2[C@@H]3CC[C@H]4C[C@@H](O)CC[C@]4(C)[C@H]3CC[C@]12C)C(C)C. The summed E-state index contributed by atoms with van der Waals surface area (Å²) in [5.74, 6) is 6.17. The fraction of sp³-hybridized carbons (Fsp3) is 0.931. The van der Waals surface area contributed by atoms with Gasteiger partial charge in [-0.05, 0) is 130 Å². The number of aliphatic hydroxyl groups is 1. The highest BCUT2D eigenvalue weighted by molar-refractivity contribution is 5.10. The van der Waals surface area contributed by atoms with E-state index < -0.39 is 0 Å². The molecule has 1 N–H and O–H groups in total. The van der Waals surface area contributed by atoms with Crippen molar-refractivity contribution in [3.63, 3.8) is 0 Å². The van der Waals surface area contributed by atoms with Gasteiger partial charge in [-0.3, -0.25) is 0 Å². The van der Waals surface area contributed by atoms with Gasteiger partial charge in [-0.1, -0.05) is 46.3 Å². The van der Waals surface area contributed by atoms with E-state index in [4.69, 9.17) is 0 Å². The van der Waals surface area contributed by atoms with E-state index in [1.54, 1.807) is 5.57 Å². The molecule has 4 fully saturated rings. The first-order valence-electron chi connectivity index (χ1n) is 13.5. The van der Waals surface area contributed by atoms with Crippen molar-refractivity contribution in [3.05, 3.63) is 11.6 Å². The second kappa shape index (κ2) is 8.57. The van der Waals surface area contributed by atoms with Crippen LogP contribution >= 0.6 is 0 Å². The molecule has 0 aromatic rings. The molecule has 0 radical (unpaired) electrons. The Morgan fingerprint density at radius 3 is 2.33 bits per heavy atom. The zero-order chi connectivity index (χ0) is 21.7. The van der Waals surface area contributed by atoms with E-state index in [2.05, 4.69) is 47.6 Å². The van der Waals surface area contributed by atoms with Crippen LogP contribution in [-0.4, -0.2) is 11.2 Å². The van der Waals surface area contributed by atoms with Crippen LogP contribution in [-0.2, 0) is 0 Å². The highest BCUT2D eigenvalue weighted by Gasteiger charge is 2.60. The number of hydrogen-bond acceptors (Lipinski definition) is 1. The predicted molar refractivity (Wildman–Crippen MR) is 128 cm³/mol. The predicted octanol–water partition coefficient (Wildman–Crippen LogP) is 8.02. The van der Waals surface area contributed by atoms with Crippen molar-refractivity contribution in [1.29, 1.82) is 0 Å². The molecule has 0 bridgehead atoms. The summed E-state index contributed by atoms with van der Waals surface area (Å²) in [6.45, 7) is 14.9. The summed E-state index contributed by atoms with van der Waals surface area (Å²) < 4.78 is 0. The zero-order valence-corrected chi connectivity index (χ0v) is 20.9. The fourth-order valence-corrected chi connectivity index (χ4v) is 9.57. The average Bonchev–Trinajstić information content (AvgIpc) is 3.06. The van der Waals surface area contributed by atoms with Crippen molar-refractivity contribution in [2.24, 2.45) is 52.3 Å². The van der Waals surface area contributed by atoms with Crippen LogP contribution in [0.2, 0.25) is 0 Å². The summed E-state index contributed by atoms with van der Waals surface area (Å²) in [4.78, 5) is 0. The van der Waals surface area contributed by atoms with E-state index in [0.717, 1.165) is 48.3 Å². The Balaban J connectivity index is 1.46. The normalized spacial score (nSPS) is 47.5. The molecule has 0 saturated heterocycles. The van der Waals surface area contributed by atoms with Crippen LogP contribution in [0.4, 0.5) is 0 Å². The molecule has 4 saturated carbocycles. The number of aliphatic hydroxyl groups excluding tert-OH is 1. The van der Waals surface area contributed by atoms with Crippen LogP contribution in [0.1, 0.15) is 112 Å². The number of hydrogen-bond donors (Lipinski definition) is 1. The monoisotopic (exact) mass is 414 g/mol. The van der Waals surface area contributed by atoms with Crippen molar-refractivity contribution in [1.82, 2.24) is 0 Å². The summed E-state index contributed by atoms with van der Waals surface area (Å²) in [7, 11) is 0. The van der Waals surface area contributed by atoms with Gasteiger partial charge in [0.05, 0.1) is 6.10 Å². The summed E-state index contributed by atoms with van der Waals surface area (Å²) in [6, 6.07) is 0. The second-order valence-corrected chi connectivity index (χ2v) is 12.8. The van der Waals surface area contributed by atoms with Crippen LogP contribution in [0.15, 0.2) is 11.6 Å². The molecule has 0 spiro atoms. The van der Waals surface area contributed by atoms with Gasteiger partial charge in [-0.2, -0.15) is 0 Å². The Kier molecular flexibility index (Phi) is 6.53. The van der Waals surface area contributed by atoms with Gasteiger partial charge in [0.2, 0.25) is 0 Å². The molecule has 4 rings (SSSR count). The van der Waals surface area contributed by atoms with E-state index in [1.807, 2.05) is 0 Å². The quantitative estimate of drug-likeness (QED) is 0.451. The third-order valence-corrected chi connectivity index (χ3v) is 11.4. The number of allylic oxidation sites excluding steroid dienone is 2. The van der Waals surface area contributed by atoms with Crippen LogP contribution in [0.25, 0.3) is 0 Å². The van der Waals surface area contributed by atoms with Crippen LogP contribution in [0, 0.1) is 52.3 Å². The summed E-state index contributed by atoms with van der Waals surface area (Å²) >= 11 is 0. The van der Waals surface area contributed by atoms with E-state index in [0.29, 0.717) is 16.7 Å². The molecule has 0 aromatic carbocycles. The molecule has 0 aromatic heterocycles. The molecule has 172 valence electrons. The van der Waals surface area contributed by atoms with Gasteiger partial charge in [0.25, 0.3) is 0 Å². The molecular formula is C29H50O. The van der Waals surface area contributed by atoms with Crippen LogP contribution in [0.3, 0.4) is 0 Å². The lowest BCUT2D eigenvalue weighted by Gasteiger charge is -2.61. The first-order valence-corrected chi connectivity index (χ1v) is 13.5. The third-order valence-electron chi connectivity index (χ3n) is 11.4. The smallest absolute Gasteiger partial charge is 0.0543 e. The Labute approximate surface area is 187 Å². The van der Waals surface area contributed by atoms with Gasteiger partial charge in [0.1, 0.15) is 0 Å². The second-order valence-electron chi connectivity index (χ2n) is 12.8. The van der Waals surface area contributed by atoms with Gasteiger partial charge in [0, 0.05) is 0 Å². The zero-order valence-electron chi connectivity index (χ0n) is 20.9. The molecule has 30 heavy (non-hydrogen) atoms. The Morgan fingerprint density at radius 2 is 1.63 bits per heavy atom. The topological polar surface area (TPSA) is 20.2 Å². The first kappa shape index (κ1) is 22.9. The Morgan fingerprint density at radius 1 is 0.933 bits per heavy atom. The molecule has 0 amide bonds. The minimum Gasteiger partial charge on any atom is -0.393 e. The maximum absolute atomic E-state index is 10.3. The standard InChI is InChI=1S/C29H50O/c1-7-21(19(2)3)9-8-20(4)25-12-13-26-24-11-10-22-18-23(30)14-16-28(22,5)27(24)15-17-29(25,26)6/h7,19-20,22-27,30H,8-18H2,1-6H3/t20-,22+,23+,24+,25-,26+,27+,28+,29-/m1/s1. The average molecular weight is 415 g/mol. The minimum atomic E-state index is -0.0157. The maximum Gasteiger partial charge on any atom is 0.0543 e. The molecule has 0 aliphatic heterocycles. The largest absolute Gasteiger partial charge is 0.393 e. The minimum absolute atomic E-state index is 0.0157. The molecule has 0 heterocycles. The third kappa shape index (κ3) is 3.74. The fourth-order valence-electron chi connectivity index (χ4n) is 9.57. The molecule has 1 nitrogen and oxygen atoms in total. The summed E-state index contributed by atoms with van der Waals surface area (Å²) in [6.07, 6.45) is 17.2.